The second kappa shape index (κ2) is 14.1. The lowest BCUT2D eigenvalue weighted by atomic mass is 9.93. The van der Waals surface area contributed by atoms with Crippen LogP contribution >= 0.6 is 47.2 Å². The van der Waals surface area contributed by atoms with Crippen molar-refractivity contribution in [2.45, 2.75) is 19.0 Å². The lowest BCUT2D eigenvalue weighted by Gasteiger charge is -2.39. The molecular weight excluding hydrogens is 606 g/mol. The first-order valence-corrected chi connectivity index (χ1v) is 14.5. The first-order chi connectivity index (χ1) is 19.4. The summed E-state index contributed by atoms with van der Waals surface area (Å²) in [5.74, 6) is 1.08. The molecule has 0 spiro atoms. The molecule has 0 saturated carbocycles. The van der Waals surface area contributed by atoms with E-state index in [4.69, 9.17) is 44.5 Å². The van der Waals surface area contributed by atoms with Crippen molar-refractivity contribution >= 4 is 59.1 Å². The molecule has 2 amide bonds. The van der Waals surface area contributed by atoms with Gasteiger partial charge in [-0.15, -0.1) is 12.4 Å². The number of piperazine rings is 1. The van der Waals surface area contributed by atoms with Crippen molar-refractivity contribution in [2.75, 3.05) is 45.9 Å². The van der Waals surface area contributed by atoms with Gasteiger partial charge in [0.25, 0.3) is 0 Å². The van der Waals surface area contributed by atoms with Crippen LogP contribution in [0.1, 0.15) is 35.7 Å². The number of nitrogens with zero attached hydrogens (tertiary/aromatic N) is 4. The maximum atomic E-state index is 14.5. The second-order valence-corrected chi connectivity index (χ2v) is 11.0. The molecule has 7 nitrogen and oxygen atoms in total. The molecule has 3 aromatic rings. The van der Waals surface area contributed by atoms with Gasteiger partial charge in [0, 0.05) is 47.8 Å². The molecule has 41 heavy (non-hydrogen) atoms. The Bertz CT molecular complexity index is 1360. The van der Waals surface area contributed by atoms with Gasteiger partial charge in [-0.05, 0) is 60.5 Å². The van der Waals surface area contributed by atoms with Crippen molar-refractivity contribution in [2.24, 2.45) is 4.99 Å². The fraction of sp³-hybridized carbons (Fsp3) is 0.333. The van der Waals surface area contributed by atoms with E-state index in [0.29, 0.717) is 71.5 Å². The number of benzene rings is 3. The van der Waals surface area contributed by atoms with E-state index in [1.807, 2.05) is 66.4 Å². The minimum atomic E-state index is -0.443. The van der Waals surface area contributed by atoms with Gasteiger partial charge in [0.05, 0.1) is 24.8 Å². The molecule has 11 heteroatoms. The van der Waals surface area contributed by atoms with E-state index in [-0.39, 0.29) is 25.0 Å². The predicted octanol–water partition coefficient (Wildman–Crippen LogP) is 6.74. The number of aliphatic hydroxyl groups excluding tert-OH is 1. The highest BCUT2D eigenvalue weighted by Gasteiger charge is 2.44. The number of halogens is 4. The van der Waals surface area contributed by atoms with Gasteiger partial charge in [-0.3, -0.25) is 14.8 Å². The molecule has 3 aromatic carbocycles. The van der Waals surface area contributed by atoms with Crippen LogP contribution in [0.5, 0.6) is 5.75 Å². The van der Waals surface area contributed by atoms with Crippen molar-refractivity contribution in [3.8, 4) is 5.75 Å². The standard InChI is InChI=1S/C30H31Cl3N4O3.ClH/c1-2-40-26-19-24(33)11-12-25(26)29-34-27(20-3-7-22(31)8-4-20)28(21-5-9-23(32)10-6-21)37(29)30(39)36-15-13-35(14-16-36)17-18-38;/h3-12,19,27-28,38H,2,13-18H2,1H3;1H. The Morgan fingerprint density at radius 1 is 0.902 bits per heavy atom. The third-order valence-electron chi connectivity index (χ3n) is 7.24. The molecule has 0 bridgehead atoms. The lowest BCUT2D eigenvalue weighted by Crippen LogP contribution is -2.54. The summed E-state index contributed by atoms with van der Waals surface area (Å²) < 4.78 is 5.98. The van der Waals surface area contributed by atoms with Crippen molar-refractivity contribution in [1.29, 1.82) is 0 Å². The molecule has 2 aliphatic rings. The van der Waals surface area contributed by atoms with Crippen molar-refractivity contribution < 1.29 is 14.6 Å². The van der Waals surface area contributed by atoms with E-state index in [1.54, 1.807) is 17.0 Å². The Hall–Kier alpha value is -2.52. The van der Waals surface area contributed by atoms with Gasteiger partial charge in [0.2, 0.25) is 0 Å². The summed E-state index contributed by atoms with van der Waals surface area (Å²) >= 11 is 18.8. The number of carbonyl (C=O) groups is 1. The van der Waals surface area contributed by atoms with Gasteiger partial charge in [-0.2, -0.15) is 0 Å². The molecule has 5 rings (SSSR count). The highest BCUT2D eigenvalue weighted by atomic mass is 35.5. The van der Waals surface area contributed by atoms with Gasteiger partial charge < -0.3 is 14.7 Å². The predicted molar refractivity (Wildman–Crippen MR) is 167 cm³/mol. The van der Waals surface area contributed by atoms with Gasteiger partial charge in [-0.25, -0.2) is 4.79 Å². The number of hydrogen-bond acceptors (Lipinski definition) is 5. The van der Waals surface area contributed by atoms with Crippen LogP contribution in [0.4, 0.5) is 4.79 Å². The largest absolute Gasteiger partial charge is 0.493 e. The van der Waals surface area contributed by atoms with Crippen LogP contribution in [0, 0.1) is 0 Å². The SMILES string of the molecule is CCOc1cc(Cl)ccc1C1=NC(c2ccc(Cl)cc2)C(c2ccc(Cl)cc2)N1C(=O)N1CCN(CCO)CC1.Cl. The molecule has 2 aliphatic heterocycles. The summed E-state index contributed by atoms with van der Waals surface area (Å²) in [5, 5.41) is 11.1. The summed E-state index contributed by atoms with van der Waals surface area (Å²) in [6.07, 6.45) is 0. The van der Waals surface area contributed by atoms with Crippen molar-refractivity contribution in [1.82, 2.24) is 14.7 Å². The van der Waals surface area contributed by atoms with E-state index in [1.165, 1.54) is 0 Å². The van der Waals surface area contributed by atoms with E-state index >= 15 is 0 Å². The summed E-state index contributed by atoms with van der Waals surface area (Å²) in [6.45, 7) is 5.47. The fourth-order valence-corrected chi connectivity index (χ4v) is 5.68. The minimum absolute atomic E-state index is 0. The number of hydrogen-bond donors (Lipinski definition) is 1. The lowest BCUT2D eigenvalue weighted by molar-refractivity contribution is 0.108. The van der Waals surface area contributed by atoms with Crippen LogP contribution < -0.4 is 4.74 Å². The Morgan fingerprint density at radius 3 is 2.07 bits per heavy atom. The van der Waals surface area contributed by atoms with Gasteiger partial charge in [0.1, 0.15) is 17.6 Å². The Balaban J connectivity index is 0.00000387. The van der Waals surface area contributed by atoms with Crippen molar-refractivity contribution in [3.63, 3.8) is 0 Å². The summed E-state index contributed by atoms with van der Waals surface area (Å²) in [5.41, 5.74) is 2.52. The number of amides is 2. The number of carbonyl (C=O) groups excluding carboxylic acids is 1. The maximum absolute atomic E-state index is 14.5. The van der Waals surface area contributed by atoms with E-state index < -0.39 is 12.1 Å². The number of aliphatic hydroxyl groups is 1. The molecular formula is C30H32Cl4N4O3. The number of urea groups is 1. The number of aliphatic imine (C=N–C) groups is 1. The average Bonchev–Trinajstić information content (AvgIpc) is 3.34. The zero-order valence-electron chi connectivity index (χ0n) is 22.6. The first-order valence-electron chi connectivity index (χ1n) is 13.3. The van der Waals surface area contributed by atoms with E-state index in [2.05, 4.69) is 4.90 Å². The first kappa shape index (κ1) is 31.4. The molecule has 0 aromatic heterocycles. The average molecular weight is 638 g/mol. The van der Waals surface area contributed by atoms with Crippen LogP contribution in [0.25, 0.3) is 0 Å². The van der Waals surface area contributed by atoms with E-state index in [9.17, 15) is 9.90 Å². The molecule has 1 saturated heterocycles. The molecule has 2 atom stereocenters. The second-order valence-electron chi connectivity index (χ2n) is 9.72. The normalized spacial score (nSPS) is 19.1. The number of ether oxygens (including phenoxy) is 1. The summed E-state index contributed by atoms with van der Waals surface area (Å²) in [7, 11) is 0. The summed E-state index contributed by atoms with van der Waals surface area (Å²) in [4.78, 5) is 25.5. The third kappa shape index (κ3) is 6.94. The minimum Gasteiger partial charge on any atom is -0.493 e. The van der Waals surface area contributed by atoms with Crippen molar-refractivity contribution in [3.05, 3.63) is 98.5 Å². The molecule has 0 aliphatic carbocycles. The third-order valence-corrected chi connectivity index (χ3v) is 7.98. The zero-order chi connectivity index (χ0) is 28.2. The molecule has 1 fully saturated rings. The highest BCUT2D eigenvalue weighted by molar-refractivity contribution is 6.31. The number of amidine groups is 1. The van der Waals surface area contributed by atoms with Crippen LogP contribution in [0.2, 0.25) is 15.1 Å². The molecule has 1 N–H and O–H groups in total. The highest BCUT2D eigenvalue weighted by Crippen LogP contribution is 2.45. The molecule has 2 unspecified atom stereocenters. The Labute approximate surface area is 261 Å². The van der Waals surface area contributed by atoms with Gasteiger partial charge >= 0.3 is 6.03 Å². The molecule has 218 valence electrons. The van der Waals surface area contributed by atoms with Gasteiger partial charge in [0.15, 0.2) is 0 Å². The van der Waals surface area contributed by atoms with Crippen LogP contribution in [-0.4, -0.2) is 77.6 Å². The fourth-order valence-electron chi connectivity index (χ4n) is 5.27. The van der Waals surface area contributed by atoms with Gasteiger partial charge in [-0.1, -0.05) is 59.1 Å². The monoisotopic (exact) mass is 636 g/mol. The number of rotatable bonds is 7. The van der Waals surface area contributed by atoms with Crippen LogP contribution in [0.15, 0.2) is 71.7 Å². The maximum Gasteiger partial charge on any atom is 0.326 e. The Kier molecular flexibility index (Phi) is 10.8. The quantitative estimate of drug-likeness (QED) is 0.311. The summed E-state index contributed by atoms with van der Waals surface area (Å²) in [6, 6.07) is 19.5. The van der Waals surface area contributed by atoms with E-state index in [0.717, 1.165) is 11.1 Å². The molecule has 2 heterocycles. The number of β-amino-alcohol motifs (C(OH)–C–C–N with tert-alkyl or cyclic N) is 1. The van der Waals surface area contributed by atoms with Crippen LogP contribution in [0.3, 0.4) is 0 Å². The zero-order valence-corrected chi connectivity index (χ0v) is 25.6. The Morgan fingerprint density at radius 2 is 1.49 bits per heavy atom. The van der Waals surface area contributed by atoms with Crippen LogP contribution in [-0.2, 0) is 0 Å². The topological polar surface area (TPSA) is 68.6 Å². The molecule has 0 radical (unpaired) electrons. The smallest absolute Gasteiger partial charge is 0.326 e.